The molecule has 0 aromatic rings. The maximum absolute atomic E-state index is 4.15. The predicted molar refractivity (Wildman–Crippen MR) is 41.5 cm³/mol. The van der Waals surface area contributed by atoms with Crippen molar-refractivity contribution >= 4 is 13.5 Å². The molecule has 2 heteroatoms. The fourth-order valence-corrected chi connectivity index (χ4v) is 0.441. The van der Waals surface area contributed by atoms with Crippen molar-refractivity contribution in [3.8, 4) is 0 Å². The first-order valence-corrected chi connectivity index (χ1v) is 3.40. The summed E-state index contributed by atoms with van der Waals surface area (Å²) < 4.78 is 0. The van der Waals surface area contributed by atoms with Crippen molar-refractivity contribution in [1.82, 2.24) is 0 Å². The van der Waals surface area contributed by atoms with Gasteiger partial charge in [-0.1, -0.05) is 13.7 Å². The highest BCUT2D eigenvalue weighted by atomic mass is 14.7. The van der Waals surface area contributed by atoms with Crippen LogP contribution in [0.3, 0.4) is 0 Å². The van der Waals surface area contributed by atoms with Gasteiger partial charge in [0.15, 0.2) is 0 Å². The van der Waals surface area contributed by atoms with E-state index in [0.717, 1.165) is 12.9 Å². The van der Waals surface area contributed by atoms with Crippen molar-refractivity contribution in [3.63, 3.8) is 0 Å². The van der Waals surface area contributed by atoms with Crippen LogP contribution in [0.25, 0.3) is 0 Å². The highest BCUT2D eigenvalue weighted by Crippen LogP contribution is 1.77. The zero-order chi connectivity index (χ0) is 6.24. The highest BCUT2D eigenvalue weighted by Gasteiger charge is 1.74. The average Bonchev–Trinajstić information content (AvgIpc) is 1.81. The Hall–Kier alpha value is -0.265. The SMILES string of the molecule is CBC/C=N\CCC. The monoisotopic (exact) mass is 111 g/mol. The van der Waals surface area contributed by atoms with E-state index >= 15 is 0 Å². The predicted octanol–water partition coefficient (Wildman–Crippen LogP) is 1.37. The van der Waals surface area contributed by atoms with Crippen molar-refractivity contribution < 1.29 is 0 Å². The third kappa shape index (κ3) is 5.73. The van der Waals surface area contributed by atoms with Crippen LogP contribution in [0.1, 0.15) is 13.3 Å². The van der Waals surface area contributed by atoms with Crippen LogP contribution in [-0.2, 0) is 0 Å². The minimum Gasteiger partial charge on any atom is -0.298 e. The number of aliphatic imine (C=N–C) groups is 1. The van der Waals surface area contributed by atoms with Crippen molar-refractivity contribution in [2.75, 3.05) is 6.54 Å². The summed E-state index contributed by atoms with van der Waals surface area (Å²) in [5.74, 6) is 0. The Balaban J connectivity index is 2.83. The van der Waals surface area contributed by atoms with Crippen molar-refractivity contribution in [2.45, 2.75) is 26.5 Å². The van der Waals surface area contributed by atoms with Crippen molar-refractivity contribution in [2.24, 2.45) is 4.99 Å². The summed E-state index contributed by atoms with van der Waals surface area (Å²) in [5, 5.41) is 0. The molecule has 0 amide bonds. The second kappa shape index (κ2) is 6.73. The van der Waals surface area contributed by atoms with Crippen LogP contribution < -0.4 is 0 Å². The molecule has 0 spiro atoms. The molecule has 0 rings (SSSR count). The summed E-state index contributed by atoms with van der Waals surface area (Å²) in [4.78, 5) is 4.15. The summed E-state index contributed by atoms with van der Waals surface area (Å²) in [6, 6.07) is 0. The lowest BCUT2D eigenvalue weighted by Gasteiger charge is -1.83. The molecule has 0 aromatic carbocycles. The van der Waals surface area contributed by atoms with E-state index in [9.17, 15) is 0 Å². The van der Waals surface area contributed by atoms with Crippen LogP contribution in [0.5, 0.6) is 0 Å². The molecule has 0 heterocycles. The van der Waals surface area contributed by atoms with E-state index in [4.69, 9.17) is 0 Å². The Morgan fingerprint density at radius 1 is 1.62 bits per heavy atom. The van der Waals surface area contributed by atoms with Gasteiger partial charge in [-0.05, 0) is 19.0 Å². The molecule has 0 saturated heterocycles. The van der Waals surface area contributed by atoms with Crippen LogP contribution in [0.2, 0.25) is 13.1 Å². The summed E-state index contributed by atoms with van der Waals surface area (Å²) in [6.45, 7) is 5.31. The first kappa shape index (κ1) is 7.73. The molecular weight excluding hydrogens is 96.9 g/mol. The zero-order valence-electron chi connectivity index (χ0n) is 5.85. The fraction of sp³-hybridized carbons (Fsp3) is 0.833. The second-order valence-corrected chi connectivity index (χ2v) is 1.88. The lowest BCUT2D eigenvalue weighted by atomic mass is 9.79. The molecule has 0 radical (unpaired) electrons. The Labute approximate surface area is 52.4 Å². The van der Waals surface area contributed by atoms with E-state index in [1.165, 1.54) is 13.7 Å². The number of rotatable bonds is 4. The van der Waals surface area contributed by atoms with E-state index in [0.29, 0.717) is 0 Å². The molecular formula is C6H14BN. The standard InChI is InChI=1S/C6H14BN/c1-3-5-8-6-4-7-2/h6-7H,3-5H2,1-2H3/b8-6-. The number of hydrogen-bond acceptors (Lipinski definition) is 1. The molecule has 0 aliphatic rings. The second-order valence-electron chi connectivity index (χ2n) is 1.88. The van der Waals surface area contributed by atoms with Gasteiger partial charge in [0.2, 0.25) is 0 Å². The quantitative estimate of drug-likeness (QED) is 0.383. The Kier molecular flexibility index (Phi) is 6.51. The Bertz CT molecular complexity index is 53.5. The molecule has 0 N–H and O–H groups in total. The molecule has 0 aliphatic carbocycles. The van der Waals surface area contributed by atoms with E-state index in [-0.39, 0.29) is 0 Å². The lowest BCUT2D eigenvalue weighted by Crippen LogP contribution is -1.82. The molecule has 0 aromatic heterocycles. The van der Waals surface area contributed by atoms with Gasteiger partial charge >= 0.3 is 0 Å². The normalized spacial score (nSPS) is 10.2. The third-order valence-corrected chi connectivity index (χ3v) is 0.900. The fourth-order valence-electron chi connectivity index (χ4n) is 0.441. The zero-order valence-corrected chi connectivity index (χ0v) is 5.85. The van der Waals surface area contributed by atoms with Crippen LogP contribution in [0.4, 0.5) is 0 Å². The average molecular weight is 111 g/mol. The van der Waals surface area contributed by atoms with E-state index < -0.39 is 0 Å². The largest absolute Gasteiger partial charge is 0.298 e. The summed E-state index contributed by atoms with van der Waals surface area (Å²) in [6.07, 6.45) is 4.32. The molecule has 0 saturated carbocycles. The van der Waals surface area contributed by atoms with Gasteiger partial charge in [-0.15, -0.1) is 0 Å². The van der Waals surface area contributed by atoms with Gasteiger partial charge in [-0.2, -0.15) is 0 Å². The highest BCUT2D eigenvalue weighted by molar-refractivity contribution is 6.38. The Morgan fingerprint density at radius 2 is 2.38 bits per heavy atom. The molecule has 8 heavy (non-hydrogen) atoms. The van der Waals surface area contributed by atoms with E-state index in [1.807, 2.05) is 6.21 Å². The maximum Gasteiger partial charge on any atom is 0.123 e. The molecule has 46 valence electrons. The van der Waals surface area contributed by atoms with Crippen LogP contribution >= 0.6 is 0 Å². The topological polar surface area (TPSA) is 12.4 Å². The van der Waals surface area contributed by atoms with Gasteiger partial charge in [0, 0.05) is 6.54 Å². The van der Waals surface area contributed by atoms with Gasteiger partial charge in [-0.25, -0.2) is 0 Å². The van der Waals surface area contributed by atoms with Gasteiger partial charge in [0.25, 0.3) is 0 Å². The molecule has 0 unspecified atom stereocenters. The van der Waals surface area contributed by atoms with Gasteiger partial charge < -0.3 is 0 Å². The molecule has 0 fully saturated rings. The Morgan fingerprint density at radius 3 is 2.88 bits per heavy atom. The van der Waals surface area contributed by atoms with Crippen LogP contribution in [-0.4, -0.2) is 20.0 Å². The maximum atomic E-state index is 4.15. The van der Waals surface area contributed by atoms with Crippen LogP contribution in [0.15, 0.2) is 4.99 Å². The smallest absolute Gasteiger partial charge is 0.123 e. The van der Waals surface area contributed by atoms with Gasteiger partial charge in [-0.3, -0.25) is 4.99 Å². The first-order chi connectivity index (χ1) is 3.91. The summed E-state index contributed by atoms with van der Waals surface area (Å²) in [5.41, 5.74) is 0. The molecule has 0 aliphatic heterocycles. The van der Waals surface area contributed by atoms with Crippen LogP contribution in [0, 0.1) is 0 Å². The lowest BCUT2D eigenvalue weighted by molar-refractivity contribution is 0.936. The first-order valence-electron chi connectivity index (χ1n) is 3.40. The minimum absolute atomic E-state index is 1.00. The molecule has 0 bridgehead atoms. The number of hydrogen-bond donors (Lipinski definition) is 0. The van der Waals surface area contributed by atoms with Crippen molar-refractivity contribution in [1.29, 1.82) is 0 Å². The van der Waals surface area contributed by atoms with Crippen molar-refractivity contribution in [3.05, 3.63) is 0 Å². The number of nitrogens with zero attached hydrogens (tertiary/aromatic N) is 1. The summed E-state index contributed by atoms with van der Waals surface area (Å²) in [7, 11) is 1.22. The molecule has 0 atom stereocenters. The van der Waals surface area contributed by atoms with E-state index in [1.54, 1.807) is 0 Å². The third-order valence-electron chi connectivity index (χ3n) is 0.900. The van der Waals surface area contributed by atoms with Gasteiger partial charge in [0.05, 0.1) is 0 Å². The molecule has 1 nitrogen and oxygen atoms in total. The summed E-state index contributed by atoms with van der Waals surface area (Å²) >= 11 is 0. The van der Waals surface area contributed by atoms with Gasteiger partial charge in [0.1, 0.15) is 7.28 Å². The minimum atomic E-state index is 1.00. The van der Waals surface area contributed by atoms with E-state index in [2.05, 4.69) is 18.7 Å².